The first-order valence-electron chi connectivity index (χ1n) is 7.83. The third-order valence-electron chi connectivity index (χ3n) is 3.50. The second-order valence-electron chi connectivity index (χ2n) is 5.80. The van der Waals surface area contributed by atoms with Gasteiger partial charge in [-0.2, -0.15) is 0 Å². The van der Waals surface area contributed by atoms with Crippen molar-refractivity contribution in [2.75, 3.05) is 6.61 Å². The number of aliphatic hydroxyl groups excluding tert-OH is 1. The van der Waals surface area contributed by atoms with Gasteiger partial charge in [0, 0.05) is 6.04 Å². The van der Waals surface area contributed by atoms with E-state index in [1.54, 1.807) is 19.1 Å². The summed E-state index contributed by atoms with van der Waals surface area (Å²) < 4.78 is 6.85. The van der Waals surface area contributed by atoms with E-state index in [0.29, 0.717) is 26.0 Å². The van der Waals surface area contributed by atoms with Crippen LogP contribution in [-0.2, 0) is 11.2 Å². The number of halogens is 2. The molecule has 0 aliphatic rings. The van der Waals surface area contributed by atoms with E-state index in [1.807, 2.05) is 0 Å². The molecule has 0 unspecified atom stereocenters. The SMILES string of the molecule is C[C@@H](CO)NC(=O)c1cc(Oc2c(Br)cc(CC(=O)O)cc2Br)ccc1O. The lowest BCUT2D eigenvalue weighted by Gasteiger charge is -2.14. The summed E-state index contributed by atoms with van der Waals surface area (Å²) in [6.07, 6.45) is -0.135. The first kappa shape index (κ1) is 21.2. The summed E-state index contributed by atoms with van der Waals surface area (Å²) in [5.74, 6) is -1.03. The van der Waals surface area contributed by atoms with Gasteiger partial charge in [0.15, 0.2) is 5.75 Å². The van der Waals surface area contributed by atoms with Crippen LogP contribution in [0.1, 0.15) is 22.8 Å². The van der Waals surface area contributed by atoms with Crippen LogP contribution in [0.15, 0.2) is 39.3 Å². The average molecular weight is 503 g/mol. The van der Waals surface area contributed by atoms with Gasteiger partial charge >= 0.3 is 5.97 Å². The average Bonchev–Trinajstić information content (AvgIpc) is 2.58. The lowest BCUT2D eigenvalue weighted by molar-refractivity contribution is -0.136. The number of aliphatic carboxylic acids is 1. The Hall–Kier alpha value is -2.10. The van der Waals surface area contributed by atoms with Crippen molar-refractivity contribution < 1.29 is 29.6 Å². The van der Waals surface area contributed by atoms with Gasteiger partial charge in [-0.05, 0) is 74.7 Å². The van der Waals surface area contributed by atoms with E-state index >= 15 is 0 Å². The highest BCUT2D eigenvalue weighted by Crippen LogP contribution is 2.38. The predicted octanol–water partition coefficient (Wildman–Crippen LogP) is 3.45. The van der Waals surface area contributed by atoms with Crippen LogP contribution >= 0.6 is 31.9 Å². The number of hydrogen-bond acceptors (Lipinski definition) is 5. The van der Waals surface area contributed by atoms with Crippen LogP contribution in [0.25, 0.3) is 0 Å². The minimum atomic E-state index is -0.950. The van der Waals surface area contributed by atoms with Crippen molar-refractivity contribution in [3.05, 3.63) is 50.4 Å². The lowest BCUT2D eigenvalue weighted by Crippen LogP contribution is -2.35. The number of carboxylic acids is 1. The van der Waals surface area contributed by atoms with Gasteiger partial charge in [-0.3, -0.25) is 9.59 Å². The smallest absolute Gasteiger partial charge is 0.307 e. The molecule has 9 heteroatoms. The molecule has 2 rings (SSSR count). The molecule has 0 radical (unpaired) electrons. The molecule has 0 aliphatic heterocycles. The molecule has 1 atom stereocenters. The summed E-state index contributed by atoms with van der Waals surface area (Å²) in [5, 5.41) is 30.4. The van der Waals surface area contributed by atoms with Gasteiger partial charge < -0.3 is 25.4 Å². The highest BCUT2D eigenvalue weighted by Gasteiger charge is 2.17. The molecule has 0 heterocycles. The number of ether oxygens (including phenoxy) is 1. The van der Waals surface area contributed by atoms with Gasteiger partial charge in [-0.15, -0.1) is 0 Å². The maximum absolute atomic E-state index is 12.2. The number of nitrogens with one attached hydrogen (secondary N) is 1. The fourth-order valence-corrected chi connectivity index (χ4v) is 3.66. The molecule has 0 aromatic heterocycles. The summed E-state index contributed by atoms with van der Waals surface area (Å²) in [7, 11) is 0. The molecule has 0 saturated heterocycles. The number of aromatic hydroxyl groups is 1. The van der Waals surface area contributed by atoms with Gasteiger partial charge in [0.25, 0.3) is 5.91 Å². The second-order valence-corrected chi connectivity index (χ2v) is 7.51. The van der Waals surface area contributed by atoms with Crippen LogP contribution in [0.3, 0.4) is 0 Å². The van der Waals surface area contributed by atoms with E-state index in [4.69, 9.17) is 14.9 Å². The van der Waals surface area contributed by atoms with E-state index < -0.39 is 17.9 Å². The van der Waals surface area contributed by atoms with Crippen LogP contribution in [0.5, 0.6) is 17.2 Å². The Balaban J connectivity index is 2.29. The van der Waals surface area contributed by atoms with Gasteiger partial charge in [0.05, 0.1) is 27.5 Å². The molecule has 0 saturated carbocycles. The number of rotatable bonds is 7. The predicted molar refractivity (Wildman–Crippen MR) is 105 cm³/mol. The molecular weight excluding hydrogens is 486 g/mol. The number of carbonyl (C=O) groups excluding carboxylic acids is 1. The normalized spacial score (nSPS) is 11.7. The molecule has 1 amide bonds. The molecule has 0 aliphatic carbocycles. The number of carboxylic acid groups (broad SMARTS) is 1. The van der Waals surface area contributed by atoms with Crippen molar-refractivity contribution in [1.29, 1.82) is 0 Å². The molecule has 27 heavy (non-hydrogen) atoms. The van der Waals surface area contributed by atoms with Crippen molar-refractivity contribution >= 4 is 43.7 Å². The van der Waals surface area contributed by atoms with Crippen molar-refractivity contribution in [2.45, 2.75) is 19.4 Å². The Morgan fingerprint density at radius 2 is 1.81 bits per heavy atom. The highest BCUT2D eigenvalue weighted by molar-refractivity contribution is 9.11. The van der Waals surface area contributed by atoms with Gasteiger partial charge in [0.1, 0.15) is 11.5 Å². The topological polar surface area (TPSA) is 116 Å². The molecule has 0 fully saturated rings. The number of hydrogen-bond donors (Lipinski definition) is 4. The highest BCUT2D eigenvalue weighted by atomic mass is 79.9. The maximum atomic E-state index is 12.2. The molecule has 2 aromatic carbocycles. The molecule has 4 N–H and O–H groups in total. The van der Waals surface area contributed by atoms with Crippen molar-refractivity contribution in [2.24, 2.45) is 0 Å². The standard InChI is InChI=1S/C18H17Br2NO6/c1-9(8-22)21-18(26)12-7-11(2-3-15(12)23)27-17-13(19)4-10(5-14(17)20)6-16(24)25/h2-5,7,9,22-23H,6,8H2,1H3,(H,21,26)(H,24,25)/t9-/m0/s1. The Kier molecular flexibility index (Phi) is 7.23. The number of aliphatic hydroxyl groups is 1. The van der Waals surface area contributed by atoms with Crippen molar-refractivity contribution in [1.82, 2.24) is 5.32 Å². The number of amides is 1. The van der Waals surface area contributed by atoms with E-state index in [9.17, 15) is 14.7 Å². The Bertz CT molecular complexity index is 848. The first-order chi connectivity index (χ1) is 12.7. The zero-order valence-corrected chi connectivity index (χ0v) is 17.4. The minimum absolute atomic E-state index is 0.00235. The Morgan fingerprint density at radius 1 is 1.19 bits per heavy atom. The van der Waals surface area contributed by atoms with Gasteiger partial charge in [0.2, 0.25) is 0 Å². The van der Waals surface area contributed by atoms with Crippen molar-refractivity contribution in [3.8, 4) is 17.2 Å². The monoisotopic (exact) mass is 501 g/mol. The van der Waals surface area contributed by atoms with Crippen LogP contribution in [0.4, 0.5) is 0 Å². The Morgan fingerprint density at radius 3 is 2.37 bits per heavy atom. The minimum Gasteiger partial charge on any atom is -0.507 e. The third-order valence-corrected chi connectivity index (χ3v) is 4.68. The van der Waals surface area contributed by atoms with Crippen LogP contribution in [-0.4, -0.2) is 39.8 Å². The van der Waals surface area contributed by atoms with Crippen LogP contribution in [0, 0.1) is 0 Å². The van der Waals surface area contributed by atoms with Gasteiger partial charge in [-0.25, -0.2) is 0 Å². The summed E-state index contributed by atoms with van der Waals surface area (Å²) >= 11 is 6.69. The second kappa shape index (κ2) is 9.20. The molecule has 2 aromatic rings. The maximum Gasteiger partial charge on any atom is 0.307 e. The van der Waals surface area contributed by atoms with Crippen LogP contribution < -0.4 is 10.1 Å². The van der Waals surface area contributed by atoms with Crippen molar-refractivity contribution in [3.63, 3.8) is 0 Å². The van der Waals surface area contributed by atoms with E-state index in [0.717, 1.165) is 0 Å². The molecule has 144 valence electrons. The lowest BCUT2D eigenvalue weighted by atomic mass is 10.1. The van der Waals surface area contributed by atoms with E-state index in [2.05, 4.69) is 37.2 Å². The summed E-state index contributed by atoms with van der Waals surface area (Å²) in [5.41, 5.74) is 0.583. The number of phenolic OH excluding ortho intramolecular Hbond substituents is 1. The molecular formula is C18H17Br2NO6. The first-order valence-corrected chi connectivity index (χ1v) is 9.42. The third kappa shape index (κ3) is 5.69. The number of carbonyl (C=O) groups is 2. The summed E-state index contributed by atoms with van der Waals surface area (Å²) in [4.78, 5) is 23.1. The fraction of sp³-hybridized carbons (Fsp3) is 0.222. The van der Waals surface area contributed by atoms with Gasteiger partial charge in [-0.1, -0.05) is 0 Å². The Labute approximate surface area is 172 Å². The molecule has 0 bridgehead atoms. The number of benzene rings is 2. The van der Waals surface area contributed by atoms with Crippen LogP contribution in [0.2, 0.25) is 0 Å². The summed E-state index contributed by atoms with van der Waals surface area (Å²) in [6.45, 7) is 1.40. The molecule has 0 spiro atoms. The largest absolute Gasteiger partial charge is 0.507 e. The fourth-order valence-electron chi connectivity index (χ4n) is 2.21. The zero-order valence-electron chi connectivity index (χ0n) is 14.2. The van der Waals surface area contributed by atoms with E-state index in [1.165, 1.54) is 18.2 Å². The summed E-state index contributed by atoms with van der Waals surface area (Å²) in [6, 6.07) is 6.99. The number of phenols is 1. The van der Waals surface area contributed by atoms with E-state index in [-0.39, 0.29) is 24.3 Å². The molecule has 7 nitrogen and oxygen atoms in total. The quantitative estimate of drug-likeness (QED) is 0.461. The zero-order chi connectivity index (χ0) is 20.1.